The number of ether oxygens (including phenoxy) is 1. The molecule has 0 saturated heterocycles. The third-order valence-corrected chi connectivity index (χ3v) is 3.47. The fourth-order valence-electron chi connectivity index (χ4n) is 2.03. The van der Waals surface area contributed by atoms with E-state index in [1.54, 1.807) is 0 Å². The highest BCUT2D eigenvalue weighted by Gasteiger charge is 2.17. The van der Waals surface area contributed by atoms with Crippen molar-refractivity contribution in [2.45, 2.75) is 40.5 Å². The lowest BCUT2D eigenvalue weighted by molar-refractivity contribution is -0.122. The molecule has 0 heterocycles. The third kappa shape index (κ3) is 6.63. The van der Waals surface area contributed by atoms with E-state index in [1.807, 2.05) is 39.8 Å². The number of nitrogens with one attached hydrogen (secondary N) is 1. The maximum absolute atomic E-state index is 11.8. The van der Waals surface area contributed by atoms with Gasteiger partial charge in [0.2, 0.25) is 5.91 Å². The molecule has 1 amide bonds. The number of hydrogen-bond donors (Lipinski definition) is 2. The molecule has 118 valence electrons. The van der Waals surface area contributed by atoms with E-state index in [9.17, 15) is 4.79 Å². The number of carbonyl (C=O) groups is 1. The van der Waals surface area contributed by atoms with Crippen LogP contribution >= 0.6 is 0 Å². The van der Waals surface area contributed by atoms with Crippen molar-refractivity contribution in [1.29, 1.82) is 0 Å². The van der Waals surface area contributed by atoms with Gasteiger partial charge in [0.1, 0.15) is 5.75 Å². The second-order valence-electron chi connectivity index (χ2n) is 6.28. The highest BCUT2D eigenvalue weighted by Crippen LogP contribution is 2.19. The van der Waals surface area contributed by atoms with Gasteiger partial charge in [-0.15, -0.1) is 0 Å². The third-order valence-electron chi connectivity index (χ3n) is 3.47. The van der Waals surface area contributed by atoms with Crippen LogP contribution in [-0.4, -0.2) is 30.8 Å². The summed E-state index contributed by atoms with van der Waals surface area (Å²) in [6.45, 7) is 9.16. The zero-order valence-electron chi connectivity index (χ0n) is 13.5. The van der Waals surface area contributed by atoms with Gasteiger partial charge in [0.25, 0.3) is 0 Å². The number of rotatable bonds is 8. The highest BCUT2D eigenvalue weighted by molar-refractivity contribution is 5.76. The van der Waals surface area contributed by atoms with Gasteiger partial charge in [-0.3, -0.25) is 4.79 Å². The maximum Gasteiger partial charge on any atom is 0.223 e. The summed E-state index contributed by atoms with van der Waals surface area (Å²) in [5.41, 5.74) is 2.20. The van der Waals surface area contributed by atoms with Crippen LogP contribution in [0.5, 0.6) is 5.75 Å². The van der Waals surface area contributed by atoms with E-state index in [2.05, 4.69) is 11.4 Å². The van der Waals surface area contributed by atoms with E-state index in [0.29, 0.717) is 26.0 Å². The first-order chi connectivity index (χ1) is 9.84. The zero-order valence-corrected chi connectivity index (χ0v) is 13.5. The predicted octanol–water partition coefficient (Wildman–Crippen LogP) is 2.60. The highest BCUT2D eigenvalue weighted by atomic mass is 16.5. The lowest BCUT2D eigenvalue weighted by Crippen LogP contribution is -2.35. The van der Waals surface area contributed by atoms with Gasteiger partial charge in [0.05, 0.1) is 13.0 Å². The average molecular weight is 293 g/mol. The Morgan fingerprint density at radius 2 is 2.05 bits per heavy atom. The Kier molecular flexibility index (Phi) is 6.69. The van der Waals surface area contributed by atoms with Gasteiger partial charge in [-0.2, -0.15) is 0 Å². The predicted molar refractivity (Wildman–Crippen MR) is 84.5 cm³/mol. The van der Waals surface area contributed by atoms with Crippen molar-refractivity contribution in [1.82, 2.24) is 5.32 Å². The maximum atomic E-state index is 11.8. The SMILES string of the molecule is Cc1ccc(OCCC(=O)NCC(C)(C)CCO)c(C)c1. The Balaban J connectivity index is 2.30. The topological polar surface area (TPSA) is 58.6 Å². The first-order valence-electron chi connectivity index (χ1n) is 7.42. The second-order valence-corrected chi connectivity index (χ2v) is 6.28. The van der Waals surface area contributed by atoms with Crippen LogP contribution in [0.25, 0.3) is 0 Å². The molecule has 1 aromatic rings. The molecule has 0 bridgehead atoms. The van der Waals surface area contributed by atoms with Gasteiger partial charge < -0.3 is 15.2 Å². The first-order valence-corrected chi connectivity index (χ1v) is 7.42. The molecular formula is C17H27NO3. The molecule has 4 heteroatoms. The molecule has 0 aliphatic rings. The Morgan fingerprint density at radius 3 is 2.67 bits per heavy atom. The summed E-state index contributed by atoms with van der Waals surface area (Å²) in [6.07, 6.45) is 1.01. The van der Waals surface area contributed by atoms with Crippen molar-refractivity contribution in [2.24, 2.45) is 5.41 Å². The number of hydrogen-bond acceptors (Lipinski definition) is 3. The normalized spacial score (nSPS) is 11.3. The lowest BCUT2D eigenvalue weighted by Gasteiger charge is -2.23. The molecule has 0 spiro atoms. The molecule has 0 unspecified atom stereocenters. The molecule has 4 nitrogen and oxygen atoms in total. The van der Waals surface area contributed by atoms with E-state index in [4.69, 9.17) is 9.84 Å². The first kappa shape index (κ1) is 17.5. The summed E-state index contributed by atoms with van der Waals surface area (Å²) in [5.74, 6) is 0.805. The van der Waals surface area contributed by atoms with Crippen LogP contribution in [0.3, 0.4) is 0 Å². The largest absolute Gasteiger partial charge is 0.493 e. The minimum absolute atomic E-state index is 0.0224. The molecule has 21 heavy (non-hydrogen) atoms. The van der Waals surface area contributed by atoms with Gasteiger partial charge in [0.15, 0.2) is 0 Å². The van der Waals surface area contributed by atoms with Crippen LogP contribution in [-0.2, 0) is 4.79 Å². The zero-order chi connectivity index (χ0) is 15.9. The number of carbonyl (C=O) groups excluding carboxylic acids is 1. The monoisotopic (exact) mass is 293 g/mol. The molecule has 2 N–H and O–H groups in total. The Bertz CT molecular complexity index is 469. The Hall–Kier alpha value is -1.55. The summed E-state index contributed by atoms with van der Waals surface area (Å²) in [4.78, 5) is 11.8. The molecule has 0 aliphatic heterocycles. The van der Waals surface area contributed by atoms with Crippen molar-refractivity contribution in [3.63, 3.8) is 0 Å². The minimum Gasteiger partial charge on any atom is -0.493 e. The van der Waals surface area contributed by atoms with Gasteiger partial charge in [-0.05, 0) is 37.3 Å². The Labute approximate surface area is 127 Å². The summed E-state index contributed by atoms with van der Waals surface area (Å²) in [7, 11) is 0. The van der Waals surface area contributed by atoms with Crippen LogP contribution in [0.4, 0.5) is 0 Å². The molecule has 0 aromatic heterocycles. The quantitative estimate of drug-likeness (QED) is 0.774. The molecule has 0 saturated carbocycles. The fraction of sp³-hybridized carbons (Fsp3) is 0.588. The van der Waals surface area contributed by atoms with E-state index in [1.165, 1.54) is 5.56 Å². The van der Waals surface area contributed by atoms with Crippen LogP contribution in [0.1, 0.15) is 37.8 Å². The van der Waals surface area contributed by atoms with E-state index < -0.39 is 0 Å². The van der Waals surface area contributed by atoms with Crippen molar-refractivity contribution >= 4 is 5.91 Å². The molecular weight excluding hydrogens is 266 g/mol. The van der Waals surface area contributed by atoms with Crippen molar-refractivity contribution in [2.75, 3.05) is 19.8 Å². The van der Waals surface area contributed by atoms with Crippen LogP contribution in [0.2, 0.25) is 0 Å². The molecule has 1 rings (SSSR count). The van der Waals surface area contributed by atoms with Gasteiger partial charge in [0, 0.05) is 13.2 Å². The number of aryl methyl sites for hydroxylation is 2. The Morgan fingerprint density at radius 1 is 1.33 bits per heavy atom. The number of aliphatic hydroxyl groups is 1. The molecule has 0 fully saturated rings. The standard InChI is InChI=1S/C17H27NO3/c1-13-5-6-15(14(2)11-13)21-10-7-16(20)18-12-17(3,4)8-9-19/h5-6,11,19H,7-10,12H2,1-4H3,(H,18,20). The average Bonchev–Trinajstić information content (AvgIpc) is 2.39. The number of aliphatic hydroxyl groups excluding tert-OH is 1. The van der Waals surface area contributed by atoms with Crippen LogP contribution < -0.4 is 10.1 Å². The van der Waals surface area contributed by atoms with Gasteiger partial charge >= 0.3 is 0 Å². The van der Waals surface area contributed by atoms with E-state index >= 15 is 0 Å². The number of benzene rings is 1. The molecule has 1 aromatic carbocycles. The van der Waals surface area contributed by atoms with Crippen molar-refractivity contribution in [3.05, 3.63) is 29.3 Å². The fourth-order valence-corrected chi connectivity index (χ4v) is 2.03. The second kappa shape index (κ2) is 8.03. The molecule has 0 radical (unpaired) electrons. The molecule has 0 atom stereocenters. The summed E-state index contributed by atoms with van der Waals surface area (Å²) < 4.78 is 5.64. The van der Waals surface area contributed by atoms with Crippen molar-refractivity contribution in [3.8, 4) is 5.75 Å². The summed E-state index contributed by atoms with van der Waals surface area (Å²) in [6, 6.07) is 6.00. The van der Waals surface area contributed by atoms with Crippen LogP contribution in [0, 0.1) is 19.3 Å². The van der Waals surface area contributed by atoms with Crippen molar-refractivity contribution < 1.29 is 14.6 Å². The molecule has 0 aliphatic carbocycles. The lowest BCUT2D eigenvalue weighted by atomic mass is 9.90. The summed E-state index contributed by atoms with van der Waals surface area (Å²) in [5, 5.41) is 11.8. The van der Waals surface area contributed by atoms with Crippen LogP contribution in [0.15, 0.2) is 18.2 Å². The van der Waals surface area contributed by atoms with Gasteiger partial charge in [-0.1, -0.05) is 31.5 Å². The van der Waals surface area contributed by atoms with Gasteiger partial charge in [-0.25, -0.2) is 0 Å². The summed E-state index contributed by atoms with van der Waals surface area (Å²) >= 11 is 0. The van der Waals surface area contributed by atoms with E-state index in [0.717, 1.165) is 11.3 Å². The van der Waals surface area contributed by atoms with E-state index in [-0.39, 0.29) is 17.9 Å². The minimum atomic E-state index is -0.0845. The smallest absolute Gasteiger partial charge is 0.223 e. The number of amides is 1.